The first-order valence-corrected chi connectivity index (χ1v) is 11.8. The Labute approximate surface area is 186 Å². The van der Waals surface area contributed by atoms with Crippen LogP contribution in [0, 0.1) is 5.92 Å². The lowest BCUT2D eigenvalue weighted by atomic mass is 9.87. The Kier molecular flexibility index (Phi) is 7.91. The number of hydrogen-bond donors (Lipinski definition) is 1. The Morgan fingerprint density at radius 1 is 0.710 bits per heavy atom. The molecule has 0 aliphatic rings. The van der Waals surface area contributed by atoms with Crippen LogP contribution in [0.4, 0.5) is 0 Å². The molecule has 3 aromatic rings. The zero-order valence-corrected chi connectivity index (χ0v) is 19.9. The van der Waals surface area contributed by atoms with Crippen molar-refractivity contribution in [3.8, 4) is 17.2 Å². The second-order valence-electron chi connectivity index (χ2n) is 9.08. The monoisotopic (exact) mass is 440 g/mol. The van der Waals surface area contributed by atoms with Crippen molar-refractivity contribution >= 4 is 9.84 Å². The molecule has 0 saturated heterocycles. The van der Waals surface area contributed by atoms with Gasteiger partial charge in [0.15, 0.2) is 0 Å². The first-order valence-electron chi connectivity index (χ1n) is 10.3. The van der Waals surface area contributed by atoms with Crippen LogP contribution in [0.5, 0.6) is 17.2 Å². The van der Waals surface area contributed by atoms with Gasteiger partial charge in [-0.25, -0.2) is 8.42 Å². The minimum Gasteiger partial charge on any atom is -0.508 e. The Hall–Kier alpha value is -2.79. The number of phenols is 1. The van der Waals surface area contributed by atoms with Gasteiger partial charge in [0.2, 0.25) is 9.84 Å². The number of benzene rings is 3. The molecule has 0 heterocycles. The molecule has 5 heteroatoms. The van der Waals surface area contributed by atoms with Crippen LogP contribution in [0.15, 0.2) is 82.6 Å². The maximum absolute atomic E-state index is 12.8. The molecule has 0 aliphatic carbocycles. The number of sulfone groups is 1. The second kappa shape index (κ2) is 10.0. The summed E-state index contributed by atoms with van der Waals surface area (Å²) in [6.45, 7) is 12.8. The van der Waals surface area contributed by atoms with Crippen molar-refractivity contribution in [3.05, 3.63) is 78.4 Å². The Morgan fingerprint density at radius 2 is 1.06 bits per heavy atom. The maximum Gasteiger partial charge on any atom is 0.206 e. The van der Waals surface area contributed by atoms with E-state index in [0.717, 1.165) is 11.5 Å². The van der Waals surface area contributed by atoms with Gasteiger partial charge in [-0.3, -0.25) is 0 Å². The van der Waals surface area contributed by atoms with Crippen LogP contribution in [-0.4, -0.2) is 13.5 Å². The van der Waals surface area contributed by atoms with Crippen LogP contribution >= 0.6 is 0 Å². The number of hydrogen-bond acceptors (Lipinski definition) is 4. The van der Waals surface area contributed by atoms with E-state index < -0.39 is 9.84 Å². The van der Waals surface area contributed by atoms with E-state index in [9.17, 15) is 13.5 Å². The van der Waals surface area contributed by atoms with Gasteiger partial charge in [0.1, 0.15) is 17.2 Å². The lowest BCUT2D eigenvalue weighted by Gasteiger charge is -2.19. The van der Waals surface area contributed by atoms with Crippen molar-refractivity contribution in [2.24, 2.45) is 5.92 Å². The van der Waals surface area contributed by atoms with Gasteiger partial charge in [-0.15, -0.1) is 0 Å². The van der Waals surface area contributed by atoms with Gasteiger partial charge in [0.25, 0.3) is 0 Å². The molecule has 1 N–H and O–H groups in total. The third-order valence-corrected chi connectivity index (χ3v) is 6.02. The van der Waals surface area contributed by atoms with Crippen LogP contribution in [0.25, 0.3) is 0 Å². The third-order valence-electron chi connectivity index (χ3n) is 4.24. The molecule has 0 amide bonds. The summed E-state index contributed by atoms with van der Waals surface area (Å²) in [5, 5.41) is 9.30. The standard InChI is InChI=1S/C22H22O4S.C4H10/c1-22(2,3)16-4-12-20(13-5-16)27(24,25)21-14-10-19(11-15-21)26-18-8-6-17(23)7-9-18;1-4(2)3/h4-15,23H,1-3H3;4H,1-3H3. The summed E-state index contributed by atoms with van der Waals surface area (Å²) in [4.78, 5) is 0.478. The summed E-state index contributed by atoms with van der Waals surface area (Å²) in [5.74, 6) is 2.06. The van der Waals surface area contributed by atoms with Gasteiger partial charge in [-0.1, -0.05) is 53.7 Å². The quantitative estimate of drug-likeness (QED) is 0.475. The summed E-state index contributed by atoms with van der Waals surface area (Å²) in [5.41, 5.74) is 1.05. The molecule has 166 valence electrons. The first-order chi connectivity index (χ1) is 14.4. The second-order valence-corrected chi connectivity index (χ2v) is 11.0. The average molecular weight is 441 g/mol. The summed E-state index contributed by atoms with van der Waals surface area (Å²) in [7, 11) is -3.59. The lowest BCUT2D eigenvalue weighted by Crippen LogP contribution is -2.11. The fourth-order valence-corrected chi connectivity index (χ4v) is 3.87. The number of ether oxygens (including phenoxy) is 1. The summed E-state index contributed by atoms with van der Waals surface area (Å²) >= 11 is 0. The largest absolute Gasteiger partial charge is 0.508 e. The topological polar surface area (TPSA) is 63.6 Å². The van der Waals surface area contributed by atoms with Gasteiger partial charge in [-0.05, 0) is 77.6 Å². The molecule has 0 radical (unpaired) electrons. The van der Waals surface area contributed by atoms with Gasteiger partial charge >= 0.3 is 0 Å². The van der Waals surface area contributed by atoms with Gasteiger partial charge in [0.05, 0.1) is 9.79 Å². The lowest BCUT2D eigenvalue weighted by molar-refractivity contribution is 0.464. The smallest absolute Gasteiger partial charge is 0.206 e. The summed E-state index contributed by atoms with van der Waals surface area (Å²) in [6, 6.07) is 19.6. The molecule has 0 aliphatic heterocycles. The van der Waals surface area contributed by atoms with Crippen molar-refractivity contribution in [1.82, 2.24) is 0 Å². The van der Waals surface area contributed by atoms with Crippen molar-refractivity contribution in [3.63, 3.8) is 0 Å². The molecular formula is C26H32O4S. The molecule has 31 heavy (non-hydrogen) atoms. The Bertz CT molecular complexity index is 1060. The number of aromatic hydroxyl groups is 1. The number of rotatable bonds is 4. The van der Waals surface area contributed by atoms with E-state index in [-0.39, 0.29) is 21.0 Å². The molecular weight excluding hydrogens is 408 g/mol. The van der Waals surface area contributed by atoms with E-state index in [0.29, 0.717) is 11.5 Å². The van der Waals surface area contributed by atoms with E-state index in [1.807, 2.05) is 12.1 Å². The predicted octanol–water partition coefficient (Wildman–Crippen LogP) is 6.98. The third kappa shape index (κ3) is 7.14. The molecule has 4 nitrogen and oxygen atoms in total. The van der Waals surface area contributed by atoms with Crippen molar-refractivity contribution in [2.75, 3.05) is 0 Å². The van der Waals surface area contributed by atoms with E-state index in [1.54, 1.807) is 36.4 Å². The highest BCUT2D eigenvalue weighted by molar-refractivity contribution is 7.91. The average Bonchev–Trinajstić information content (AvgIpc) is 2.69. The molecule has 0 fully saturated rings. The highest BCUT2D eigenvalue weighted by atomic mass is 32.2. The molecule has 0 saturated carbocycles. The van der Waals surface area contributed by atoms with Gasteiger partial charge in [0, 0.05) is 0 Å². The fourth-order valence-electron chi connectivity index (χ4n) is 2.61. The van der Waals surface area contributed by atoms with Crippen molar-refractivity contribution < 1.29 is 18.3 Å². The molecule has 0 spiro atoms. The van der Waals surface area contributed by atoms with E-state index in [4.69, 9.17) is 4.74 Å². The molecule has 0 atom stereocenters. The van der Waals surface area contributed by atoms with E-state index in [2.05, 4.69) is 41.5 Å². The maximum atomic E-state index is 12.8. The minimum absolute atomic E-state index is 0.0322. The first kappa shape index (κ1) is 24.5. The molecule has 0 bridgehead atoms. The fraction of sp³-hybridized carbons (Fsp3) is 0.308. The van der Waals surface area contributed by atoms with Crippen molar-refractivity contribution in [2.45, 2.75) is 56.7 Å². The highest BCUT2D eigenvalue weighted by Crippen LogP contribution is 2.28. The minimum atomic E-state index is -3.59. The molecule has 3 aromatic carbocycles. The van der Waals surface area contributed by atoms with Gasteiger partial charge in [-0.2, -0.15) is 0 Å². The summed E-state index contributed by atoms with van der Waals surface area (Å²) in [6.07, 6.45) is 0. The molecule has 0 unspecified atom stereocenters. The van der Waals surface area contributed by atoms with E-state index >= 15 is 0 Å². The van der Waals surface area contributed by atoms with Crippen LogP contribution in [0.2, 0.25) is 0 Å². The van der Waals surface area contributed by atoms with E-state index in [1.165, 1.54) is 24.3 Å². The van der Waals surface area contributed by atoms with Crippen LogP contribution in [0.3, 0.4) is 0 Å². The van der Waals surface area contributed by atoms with Crippen LogP contribution in [-0.2, 0) is 15.3 Å². The number of phenolic OH excluding ortho intramolecular Hbond substituents is 1. The predicted molar refractivity (Wildman–Crippen MR) is 126 cm³/mol. The van der Waals surface area contributed by atoms with Gasteiger partial charge < -0.3 is 9.84 Å². The SMILES string of the molecule is CC(C)(C)c1ccc(S(=O)(=O)c2ccc(Oc3ccc(O)cc3)cc2)cc1.CC(C)C. The normalized spacial score (nSPS) is 11.6. The highest BCUT2D eigenvalue weighted by Gasteiger charge is 2.19. The van der Waals surface area contributed by atoms with Crippen LogP contribution in [0.1, 0.15) is 47.1 Å². The van der Waals surface area contributed by atoms with Crippen molar-refractivity contribution in [1.29, 1.82) is 0 Å². The molecule has 0 aromatic heterocycles. The Balaban J connectivity index is 0.000000785. The zero-order chi connectivity index (χ0) is 23.2. The molecule has 3 rings (SSSR count). The van der Waals surface area contributed by atoms with Crippen LogP contribution < -0.4 is 4.74 Å². The zero-order valence-electron chi connectivity index (χ0n) is 19.1. The summed E-state index contributed by atoms with van der Waals surface area (Å²) < 4.78 is 31.3. The Morgan fingerprint density at radius 3 is 1.45 bits per heavy atom.